The van der Waals surface area contributed by atoms with Crippen LogP contribution in [0.25, 0.3) is 0 Å². The minimum Gasteiger partial charge on any atom is -0.508 e. The summed E-state index contributed by atoms with van der Waals surface area (Å²) >= 11 is 0. The Morgan fingerprint density at radius 3 is 2.52 bits per heavy atom. The highest BCUT2D eigenvalue weighted by atomic mass is 16.3. The maximum absolute atomic E-state index is 12.1. The van der Waals surface area contributed by atoms with Crippen LogP contribution in [0.15, 0.2) is 47.1 Å². The Kier molecular flexibility index (Phi) is 6.46. The van der Waals surface area contributed by atoms with E-state index in [2.05, 4.69) is 36.4 Å². The highest BCUT2D eigenvalue weighted by molar-refractivity contribution is 5.91. The molecule has 1 amide bonds. The van der Waals surface area contributed by atoms with Gasteiger partial charge in [-0.1, -0.05) is 25.0 Å². The van der Waals surface area contributed by atoms with E-state index in [0.29, 0.717) is 24.5 Å². The van der Waals surface area contributed by atoms with Crippen LogP contribution in [0.1, 0.15) is 41.8 Å². The second-order valence-corrected chi connectivity index (χ2v) is 7.33. The molecule has 1 fully saturated rings. The lowest BCUT2D eigenvalue weighted by Gasteiger charge is -2.14. The summed E-state index contributed by atoms with van der Waals surface area (Å²) in [5.74, 6) is 1.04. The molecule has 0 spiro atoms. The largest absolute Gasteiger partial charge is 0.508 e. The monoisotopic (exact) mass is 423 g/mol. The molecular formula is C21H25N7O3. The minimum atomic E-state index is -0.433. The first-order valence-electron chi connectivity index (χ1n) is 10.3. The van der Waals surface area contributed by atoms with Crippen molar-refractivity contribution < 1.29 is 14.3 Å². The van der Waals surface area contributed by atoms with Crippen LogP contribution in [0.5, 0.6) is 5.75 Å². The molecule has 1 saturated carbocycles. The normalized spacial score (nSPS) is 13.7. The topological polar surface area (TPSA) is 137 Å². The van der Waals surface area contributed by atoms with Crippen molar-refractivity contribution in [2.24, 2.45) is 0 Å². The first kappa shape index (κ1) is 20.5. The van der Waals surface area contributed by atoms with E-state index in [1.165, 1.54) is 19.1 Å². The van der Waals surface area contributed by atoms with Gasteiger partial charge >= 0.3 is 5.91 Å². The summed E-state index contributed by atoms with van der Waals surface area (Å²) < 4.78 is 5.08. The van der Waals surface area contributed by atoms with Crippen molar-refractivity contribution in [3.05, 3.63) is 54.0 Å². The molecule has 0 radical (unpaired) electrons. The van der Waals surface area contributed by atoms with Gasteiger partial charge in [-0.05, 0) is 49.1 Å². The van der Waals surface area contributed by atoms with Crippen LogP contribution in [0.2, 0.25) is 0 Å². The summed E-state index contributed by atoms with van der Waals surface area (Å²) in [7, 11) is 0. The molecule has 10 nitrogen and oxygen atoms in total. The van der Waals surface area contributed by atoms with E-state index in [4.69, 9.17) is 4.42 Å². The van der Waals surface area contributed by atoms with Crippen molar-refractivity contribution in [1.82, 2.24) is 20.4 Å². The Bertz CT molecular complexity index is 987. The van der Waals surface area contributed by atoms with Gasteiger partial charge in [0.1, 0.15) is 5.75 Å². The highest BCUT2D eigenvalue weighted by Gasteiger charge is 2.17. The van der Waals surface area contributed by atoms with Gasteiger partial charge in [-0.15, -0.1) is 0 Å². The quantitative estimate of drug-likeness (QED) is 0.329. The molecule has 10 heteroatoms. The van der Waals surface area contributed by atoms with Gasteiger partial charge in [0.05, 0.1) is 6.26 Å². The zero-order chi connectivity index (χ0) is 21.5. The van der Waals surface area contributed by atoms with Crippen LogP contribution in [-0.4, -0.2) is 38.6 Å². The fourth-order valence-electron chi connectivity index (χ4n) is 3.39. The number of hydrogen-bond acceptors (Lipinski definition) is 9. The van der Waals surface area contributed by atoms with Gasteiger partial charge in [0.15, 0.2) is 5.76 Å². The lowest BCUT2D eigenvalue weighted by atomic mass is 10.1. The van der Waals surface area contributed by atoms with Gasteiger partial charge < -0.3 is 20.2 Å². The summed E-state index contributed by atoms with van der Waals surface area (Å²) in [6.07, 6.45) is 6.68. The number of aromatic nitrogens is 3. The number of carbonyl (C=O) groups excluding carboxylic acids is 1. The Balaban J connectivity index is 1.41. The number of phenolic OH excluding ortho intramolecular Hbond substituents is 1. The molecule has 1 aromatic carbocycles. The van der Waals surface area contributed by atoms with Gasteiger partial charge in [-0.2, -0.15) is 15.0 Å². The number of rotatable bonds is 9. The molecule has 2 heterocycles. The molecule has 0 unspecified atom stereocenters. The number of phenols is 1. The average Bonchev–Trinajstić information content (AvgIpc) is 3.48. The summed E-state index contributed by atoms with van der Waals surface area (Å²) in [5.41, 5.74) is 6.32. The van der Waals surface area contributed by atoms with E-state index in [0.717, 1.165) is 24.8 Å². The number of hydrazine groups is 1. The molecule has 4 rings (SSSR count). The number of hydrogen-bond donors (Lipinski definition) is 5. The van der Waals surface area contributed by atoms with Gasteiger partial charge in [0, 0.05) is 12.6 Å². The van der Waals surface area contributed by atoms with Crippen LogP contribution in [-0.2, 0) is 6.42 Å². The molecule has 2 aromatic heterocycles. The predicted molar refractivity (Wildman–Crippen MR) is 116 cm³/mol. The molecule has 1 aliphatic carbocycles. The molecule has 0 aliphatic heterocycles. The van der Waals surface area contributed by atoms with Crippen LogP contribution in [0.4, 0.5) is 17.8 Å². The summed E-state index contributed by atoms with van der Waals surface area (Å²) in [6, 6.07) is 10.6. The van der Waals surface area contributed by atoms with Crippen molar-refractivity contribution in [3.8, 4) is 5.75 Å². The second-order valence-electron chi connectivity index (χ2n) is 7.33. The van der Waals surface area contributed by atoms with E-state index < -0.39 is 5.91 Å². The molecule has 1 aliphatic rings. The number of nitrogens with one attached hydrogen (secondary N) is 4. The number of carbonyl (C=O) groups is 1. The molecule has 0 atom stereocenters. The Labute approximate surface area is 179 Å². The number of amides is 1. The first-order chi connectivity index (χ1) is 15.2. The minimum absolute atomic E-state index is 0.179. The number of benzene rings is 1. The van der Waals surface area contributed by atoms with Crippen molar-refractivity contribution >= 4 is 23.8 Å². The van der Waals surface area contributed by atoms with Gasteiger partial charge in [-0.3, -0.25) is 15.6 Å². The molecule has 162 valence electrons. The number of nitrogens with zero attached hydrogens (tertiary/aromatic N) is 3. The SMILES string of the molecule is O=C(NNc1nc(NCCc2ccc(O)cc2)nc(NC2CCCC2)n1)c1ccco1. The van der Waals surface area contributed by atoms with Gasteiger partial charge in [0.25, 0.3) is 0 Å². The number of anilines is 3. The van der Waals surface area contributed by atoms with Crippen molar-refractivity contribution in [2.75, 3.05) is 22.6 Å². The summed E-state index contributed by atoms with van der Waals surface area (Å²) in [6.45, 7) is 0.593. The molecular weight excluding hydrogens is 398 g/mol. The van der Waals surface area contributed by atoms with Crippen LogP contribution in [0, 0.1) is 0 Å². The molecule has 3 aromatic rings. The van der Waals surface area contributed by atoms with E-state index in [1.54, 1.807) is 24.3 Å². The average molecular weight is 423 g/mol. The molecule has 0 bridgehead atoms. The lowest BCUT2D eigenvalue weighted by Crippen LogP contribution is -2.30. The summed E-state index contributed by atoms with van der Waals surface area (Å²) in [4.78, 5) is 25.3. The molecule has 5 N–H and O–H groups in total. The number of furan rings is 1. The van der Waals surface area contributed by atoms with E-state index in [9.17, 15) is 9.90 Å². The Morgan fingerprint density at radius 1 is 1.03 bits per heavy atom. The standard InChI is InChI=1S/C21H25N7O3/c29-16-9-7-14(8-10-16)11-12-22-19-24-20(23-15-4-1-2-5-15)26-21(25-19)28-27-18(30)17-6-3-13-31-17/h3,6-10,13,15,29H,1-2,4-5,11-12H2,(H,27,30)(H3,22,23,24,25,26,28). The van der Waals surface area contributed by atoms with Crippen molar-refractivity contribution in [1.29, 1.82) is 0 Å². The smallest absolute Gasteiger partial charge is 0.305 e. The lowest BCUT2D eigenvalue weighted by molar-refractivity contribution is 0.0935. The summed E-state index contributed by atoms with van der Waals surface area (Å²) in [5, 5.41) is 15.9. The zero-order valence-electron chi connectivity index (χ0n) is 17.0. The van der Waals surface area contributed by atoms with Crippen molar-refractivity contribution in [3.63, 3.8) is 0 Å². The third-order valence-corrected chi connectivity index (χ3v) is 4.99. The van der Waals surface area contributed by atoms with Crippen LogP contribution < -0.4 is 21.5 Å². The number of aromatic hydroxyl groups is 1. The molecule has 0 saturated heterocycles. The van der Waals surface area contributed by atoms with Gasteiger partial charge in [-0.25, -0.2) is 0 Å². The van der Waals surface area contributed by atoms with E-state index >= 15 is 0 Å². The Morgan fingerprint density at radius 2 is 1.77 bits per heavy atom. The van der Waals surface area contributed by atoms with Crippen LogP contribution >= 0.6 is 0 Å². The second kappa shape index (κ2) is 9.79. The zero-order valence-corrected chi connectivity index (χ0v) is 17.0. The van der Waals surface area contributed by atoms with E-state index in [1.807, 2.05) is 12.1 Å². The third-order valence-electron chi connectivity index (χ3n) is 4.99. The fraction of sp³-hybridized carbons (Fsp3) is 0.333. The first-order valence-corrected chi connectivity index (χ1v) is 10.3. The molecule has 31 heavy (non-hydrogen) atoms. The van der Waals surface area contributed by atoms with Gasteiger partial charge in [0.2, 0.25) is 17.8 Å². The van der Waals surface area contributed by atoms with Crippen LogP contribution in [0.3, 0.4) is 0 Å². The van der Waals surface area contributed by atoms with Crippen molar-refractivity contribution in [2.45, 2.75) is 38.1 Å². The highest BCUT2D eigenvalue weighted by Crippen LogP contribution is 2.21. The fourth-order valence-corrected chi connectivity index (χ4v) is 3.39. The van der Waals surface area contributed by atoms with E-state index in [-0.39, 0.29) is 17.5 Å². The maximum Gasteiger partial charge on any atom is 0.305 e. The third kappa shape index (κ3) is 5.84. The Hall–Kier alpha value is -3.82. The maximum atomic E-state index is 12.1. The predicted octanol–water partition coefficient (Wildman–Crippen LogP) is 2.94.